The largest absolute Gasteiger partial charge is 0.368 e. The van der Waals surface area contributed by atoms with Crippen LogP contribution in [0.2, 0.25) is 0 Å². The van der Waals surface area contributed by atoms with E-state index < -0.39 is 58.2 Å². The van der Waals surface area contributed by atoms with Gasteiger partial charge < -0.3 is 25.8 Å². The second-order valence-corrected chi connectivity index (χ2v) is 12.1. The lowest BCUT2D eigenvalue weighted by Gasteiger charge is -2.35. The monoisotopic (exact) mass is 609 g/mol. The van der Waals surface area contributed by atoms with Gasteiger partial charge in [-0.05, 0) is 55.4 Å². The lowest BCUT2D eigenvalue weighted by Crippen LogP contribution is -2.55. The number of anilines is 1. The minimum atomic E-state index is -1.39. The smallest absolute Gasteiger partial charge is 0.270 e. The predicted molar refractivity (Wildman–Crippen MR) is 156 cm³/mol. The number of unbranched alkanes of at least 4 members (excludes halogenated alkanes) is 1. The van der Waals surface area contributed by atoms with Crippen molar-refractivity contribution in [3.8, 4) is 0 Å². The van der Waals surface area contributed by atoms with Crippen molar-refractivity contribution in [2.45, 2.75) is 75.8 Å². The summed E-state index contributed by atoms with van der Waals surface area (Å²) in [4.78, 5) is 60.1. The number of carbonyl (C=O) groups excluding carboxylic acids is 4. The van der Waals surface area contributed by atoms with E-state index >= 15 is 0 Å². The van der Waals surface area contributed by atoms with Crippen LogP contribution in [0.5, 0.6) is 0 Å². The maximum absolute atomic E-state index is 14.5. The lowest BCUT2D eigenvalue weighted by atomic mass is 9.78. The van der Waals surface area contributed by atoms with Crippen molar-refractivity contribution in [3.63, 3.8) is 0 Å². The zero-order valence-corrected chi connectivity index (χ0v) is 24.4. The molecule has 1 fully saturated rings. The van der Waals surface area contributed by atoms with Crippen LogP contribution < -0.4 is 11.1 Å². The van der Waals surface area contributed by atoms with Gasteiger partial charge in [0.25, 0.3) is 5.91 Å². The number of H-pyrrole nitrogens is 1. The molecule has 2 aromatic carbocycles. The van der Waals surface area contributed by atoms with Gasteiger partial charge in [-0.25, -0.2) is 13.2 Å². The number of fused-ring (bicyclic) bond motifs is 3. The average molecular weight is 610 g/mol. The van der Waals surface area contributed by atoms with Gasteiger partial charge in [-0.3, -0.25) is 19.2 Å². The first-order valence-electron chi connectivity index (χ1n) is 15.1. The Morgan fingerprint density at radius 3 is 2.61 bits per heavy atom. The number of aromatic nitrogens is 1. The van der Waals surface area contributed by atoms with Crippen LogP contribution in [0.4, 0.5) is 18.9 Å². The van der Waals surface area contributed by atoms with E-state index in [0.29, 0.717) is 37.4 Å². The normalized spacial score (nSPS) is 23.6. The molecular formula is C32H34F3N5O4. The summed E-state index contributed by atoms with van der Waals surface area (Å²) >= 11 is 0. The lowest BCUT2D eigenvalue weighted by molar-refractivity contribution is -0.141. The Bertz CT molecular complexity index is 1690. The number of carbonyl (C=O) groups is 4. The fraction of sp³-hybridized carbons (Fsp3) is 0.438. The zero-order valence-electron chi connectivity index (χ0n) is 24.4. The van der Waals surface area contributed by atoms with Gasteiger partial charge in [0.05, 0.1) is 10.9 Å². The second-order valence-electron chi connectivity index (χ2n) is 12.1. The molecule has 0 radical (unpaired) electrons. The Morgan fingerprint density at radius 2 is 1.86 bits per heavy atom. The molecule has 3 aromatic rings. The quantitative estimate of drug-likeness (QED) is 0.373. The van der Waals surface area contributed by atoms with Crippen molar-refractivity contribution in [2.75, 3.05) is 18.4 Å². The van der Waals surface area contributed by atoms with Gasteiger partial charge in [-0.1, -0.05) is 38.3 Å². The van der Waals surface area contributed by atoms with Crippen LogP contribution >= 0.6 is 0 Å². The van der Waals surface area contributed by atoms with E-state index in [9.17, 15) is 32.3 Å². The fourth-order valence-corrected chi connectivity index (χ4v) is 7.01. The molecule has 232 valence electrons. The molecule has 1 saturated heterocycles. The molecule has 0 unspecified atom stereocenters. The molecular weight excluding hydrogens is 575 g/mol. The van der Waals surface area contributed by atoms with E-state index in [1.165, 1.54) is 9.80 Å². The van der Waals surface area contributed by atoms with E-state index in [-0.39, 0.29) is 42.9 Å². The summed E-state index contributed by atoms with van der Waals surface area (Å²) in [6, 6.07) is 5.19. The van der Waals surface area contributed by atoms with E-state index in [1.807, 2.05) is 25.1 Å². The minimum Gasteiger partial charge on any atom is -0.368 e. The molecule has 4 bridgehead atoms. The molecule has 3 aliphatic heterocycles. The zero-order chi connectivity index (χ0) is 31.3. The summed E-state index contributed by atoms with van der Waals surface area (Å²) in [6.45, 7) is 2.00. The molecule has 4 heterocycles. The van der Waals surface area contributed by atoms with Crippen molar-refractivity contribution in [2.24, 2.45) is 5.73 Å². The summed E-state index contributed by atoms with van der Waals surface area (Å²) in [5.41, 5.74) is 6.35. The molecule has 3 atom stereocenters. The number of aromatic amines is 1. The van der Waals surface area contributed by atoms with Crippen LogP contribution in [0.25, 0.3) is 10.9 Å². The van der Waals surface area contributed by atoms with Gasteiger partial charge >= 0.3 is 0 Å². The predicted octanol–water partition coefficient (Wildman–Crippen LogP) is 4.29. The maximum atomic E-state index is 14.5. The molecule has 1 spiro atoms. The highest BCUT2D eigenvalue weighted by Gasteiger charge is 2.58. The number of rotatable bonds is 5. The molecule has 0 aliphatic carbocycles. The minimum absolute atomic E-state index is 0.0109. The van der Waals surface area contributed by atoms with Crippen molar-refractivity contribution in [1.29, 1.82) is 0 Å². The number of amides is 4. The Balaban J connectivity index is 1.44. The first-order chi connectivity index (χ1) is 21.1. The number of aryl methyl sites for hydroxylation is 1. The van der Waals surface area contributed by atoms with E-state index in [2.05, 4.69) is 10.3 Å². The third-order valence-electron chi connectivity index (χ3n) is 9.36. The highest BCUT2D eigenvalue weighted by atomic mass is 19.2. The number of primary amides is 1. The molecule has 6 rings (SSSR count). The molecule has 4 N–H and O–H groups in total. The maximum Gasteiger partial charge on any atom is 0.270 e. The summed E-state index contributed by atoms with van der Waals surface area (Å²) < 4.78 is 43.0. The van der Waals surface area contributed by atoms with Gasteiger partial charge in [0.1, 0.15) is 23.6 Å². The Labute approximate surface area is 251 Å². The first-order valence-corrected chi connectivity index (χ1v) is 15.1. The Hall–Kier alpha value is -4.35. The van der Waals surface area contributed by atoms with Crippen LogP contribution in [0.1, 0.15) is 73.5 Å². The van der Waals surface area contributed by atoms with Gasteiger partial charge in [-0.2, -0.15) is 0 Å². The number of nitrogens with zero attached hydrogens (tertiary/aromatic N) is 2. The Morgan fingerprint density at radius 1 is 1.07 bits per heavy atom. The topological polar surface area (TPSA) is 129 Å². The number of hydrogen-bond acceptors (Lipinski definition) is 4. The summed E-state index contributed by atoms with van der Waals surface area (Å²) in [7, 11) is 0. The number of hydrogen-bond donors (Lipinski definition) is 3. The molecule has 0 saturated carbocycles. The Kier molecular flexibility index (Phi) is 7.63. The van der Waals surface area contributed by atoms with Gasteiger partial charge in [-0.15, -0.1) is 0 Å². The highest BCUT2D eigenvalue weighted by Crippen LogP contribution is 2.47. The van der Waals surface area contributed by atoms with Gasteiger partial charge in [0, 0.05) is 30.2 Å². The second kappa shape index (κ2) is 11.3. The van der Waals surface area contributed by atoms with E-state index in [1.54, 1.807) is 0 Å². The van der Waals surface area contributed by atoms with Crippen LogP contribution in [0.3, 0.4) is 0 Å². The van der Waals surface area contributed by atoms with Crippen molar-refractivity contribution < 1.29 is 32.3 Å². The van der Waals surface area contributed by atoms with Gasteiger partial charge in [0.2, 0.25) is 17.7 Å². The fourth-order valence-electron chi connectivity index (χ4n) is 7.01. The van der Waals surface area contributed by atoms with Crippen LogP contribution in [0.15, 0.2) is 30.3 Å². The van der Waals surface area contributed by atoms with E-state index in [4.69, 9.17) is 5.73 Å². The van der Waals surface area contributed by atoms with Crippen molar-refractivity contribution >= 4 is 40.2 Å². The SMILES string of the molecule is CCCC[C@H]1C(=O)N2C[C@]3(C[C@H]2C(N)=O)C(=O)Nc2ccc(cc23)CCCCCN1C(=O)c1cc2c(F)cc(F)c(F)c2[nH]1. The average Bonchev–Trinajstić information content (AvgIpc) is 3.69. The third-order valence-corrected chi connectivity index (χ3v) is 9.36. The summed E-state index contributed by atoms with van der Waals surface area (Å²) in [5.74, 6) is -6.02. The number of halogens is 3. The standard InChI is InChI=1S/C32H34F3N5O4/c1-2-3-8-24-30(43)40-16-32(15-25(40)28(36)41)19-12-17(9-10-22(19)38-31(32)44)7-5-4-6-11-39(24)29(42)23-13-18-20(33)14-21(34)26(35)27(18)37-23/h9-10,12-14,24-25,37H,2-8,11,15-16H2,1H3,(H2,36,41)(H,38,44)/t24-,25-,32-/m0/s1. The van der Waals surface area contributed by atoms with Crippen molar-refractivity contribution in [1.82, 2.24) is 14.8 Å². The van der Waals surface area contributed by atoms with Crippen LogP contribution in [-0.4, -0.2) is 63.6 Å². The first kappa shape index (κ1) is 29.7. The van der Waals surface area contributed by atoms with Crippen molar-refractivity contribution in [3.05, 3.63) is 64.6 Å². The molecule has 12 heteroatoms. The molecule has 3 aliphatic rings. The number of benzene rings is 2. The highest BCUT2D eigenvalue weighted by molar-refractivity contribution is 6.08. The van der Waals surface area contributed by atoms with E-state index in [0.717, 1.165) is 30.0 Å². The molecule has 4 amide bonds. The van der Waals surface area contributed by atoms with Gasteiger partial charge in [0.15, 0.2) is 11.6 Å². The van der Waals surface area contributed by atoms with Crippen LogP contribution in [-0.2, 0) is 26.2 Å². The number of nitrogens with one attached hydrogen (secondary N) is 2. The molecule has 1 aromatic heterocycles. The molecule has 9 nitrogen and oxygen atoms in total. The number of nitrogens with two attached hydrogens (primary N) is 1. The van der Waals surface area contributed by atoms with Crippen LogP contribution in [0, 0.1) is 17.5 Å². The molecule has 44 heavy (non-hydrogen) atoms. The summed E-state index contributed by atoms with van der Waals surface area (Å²) in [5, 5.41) is 2.62. The summed E-state index contributed by atoms with van der Waals surface area (Å²) in [6.07, 6.45) is 4.28. The third kappa shape index (κ3) is 4.80.